The van der Waals surface area contributed by atoms with Gasteiger partial charge in [-0.1, -0.05) is 0 Å². The Morgan fingerprint density at radius 3 is 3.04 bits per heavy atom. The van der Waals surface area contributed by atoms with Gasteiger partial charge in [0.1, 0.15) is 18.7 Å². The molecule has 26 heavy (non-hydrogen) atoms. The number of aromatic nitrogens is 6. The Kier molecular flexibility index (Phi) is 4.34. The van der Waals surface area contributed by atoms with Crippen molar-refractivity contribution in [1.29, 1.82) is 0 Å². The van der Waals surface area contributed by atoms with Gasteiger partial charge in [0, 0.05) is 30.4 Å². The van der Waals surface area contributed by atoms with E-state index in [1.165, 1.54) is 19.2 Å². The zero-order chi connectivity index (χ0) is 17.9. The van der Waals surface area contributed by atoms with Crippen LogP contribution in [-0.4, -0.2) is 42.5 Å². The minimum Gasteiger partial charge on any atom is -0.481 e. The van der Waals surface area contributed by atoms with E-state index in [4.69, 9.17) is 4.74 Å². The van der Waals surface area contributed by atoms with Gasteiger partial charge in [-0.15, -0.1) is 0 Å². The maximum Gasteiger partial charge on any atom is 0.247 e. The van der Waals surface area contributed by atoms with E-state index in [-0.39, 0.29) is 12.5 Å². The van der Waals surface area contributed by atoms with Crippen molar-refractivity contribution >= 4 is 11.7 Å². The van der Waals surface area contributed by atoms with Crippen LogP contribution in [-0.2, 0) is 17.9 Å². The summed E-state index contributed by atoms with van der Waals surface area (Å²) in [4.78, 5) is 20.5. The van der Waals surface area contributed by atoms with Crippen molar-refractivity contribution in [2.24, 2.45) is 5.92 Å². The van der Waals surface area contributed by atoms with Crippen molar-refractivity contribution < 1.29 is 9.53 Å². The maximum absolute atomic E-state index is 12.3. The number of hydrogen-bond acceptors (Lipinski definition) is 6. The zero-order valence-corrected chi connectivity index (χ0v) is 14.4. The predicted molar refractivity (Wildman–Crippen MR) is 93.4 cm³/mol. The summed E-state index contributed by atoms with van der Waals surface area (Å²) in [6.45, 7) is 0.959. The Morgan fingerprint density at radius 1 is 1.35 bits per heavy atom. The van der Waals surface area contributed by atoms with E-state index < -0.39 is 0 Å². The van der Waals surface area contributed by atoms with Crippen LogP contribution in [0.5, 0.6) is 5.88 Å². The maximum atomic E-state index is 12.3. The van der Waals surface area contributed by atoms with Gasteiger partial charge in [-0.25, -0.2) is 14.6 Å². The van der Waals surface area contributed by atoms with Crippen molar-refractivity contribution in [3.63, 3.8) is 0 Å². The Balaban J connectivity index is 1.40. The second-order valence-corrected chi connectivity index (χ2v) is 6.26. The topological polar surface area (TPSA) is 99.8 Å². The minimum absolute atomic E-state index is 0.108. The molecule has 1 saturated carbocycles. The molecule has 4 rings (SSSR count). The molecule has 9 nitrogen and oxygen atoms in total. The lowest BCUT2D eigenvalue weighted by Crippen LogP contribution is -2.21. The summed E-state index contributed by atoms with van der Waals surface area (Å²) in [5.74, 6) is 1.72. The van der Waals surface area contributed by atoms with E-state index in [0.717, 1.165) is 17.9 Å². The van der Waals surface area contributed by atoms with Gasteiger partial charge in [-0.2, -0.15) is 10.2 Å². The number of nitrogens with zero attached hydrogens (tertiary/aromatic N) is 6. The van der Waals surface area contributed by atoms with Gasteiger partial charge in [0.05, 0.1) is 25.2 Å². The lowest BCUT2D eigenvalue weighted by atomic mass is 10.2. The van der Waals surface area contributed by atoms with Gasteiger partial charge < -0.3 is 10.1 Å². The molecule has 1 amide bonds. The van der Waals surface area contributed by atoms with Crippen LogP contribution in [0, 0.1) is 5.92 Å². The first-order chi connectivity index (χ1) is 12.7. The van der Waals surface area contributed by atoms with Crippen LogP contribution in [0.1, 0.15) is 12.8 Å². The largest absolute Gasteiger partial charge is 0.481 e. The molecule has 0 spiro atoms. The number of nitrogens with one attached hydrogen (secondary N) is 1. The van der Waals surface area contributed by atoms with Crippen LogP contribution in [0.25, 0.3) is 11.3 Å². The molecule has 3 aromatic heterocycles. The quantitative estimate of drug-likeness (QED) is 0.692. The molecular weight excluding hydrogens is 334 g/mol. The monoisotopic (exact) mass is 353 g/mol. The van der Waals surface area contributed by atoms with Gasteiger partial charge in [0.25, 0.3) is 0 Å². The van der Waals surface area contributed by atoms with E-state index in [0.29, 0.717) is 17.5 Å². The highest BCUT2D eigenvalue weighted by Gasteiger charge is 2.23. The number of ether oxygens (including phenoxy) is 1. The molecule has 1 fully saturated rings. The van der Waals surface area contributed by atoms with E-state index >= 15 is 0 Å². The Morgan fingerprint density at radius 2 is 2.23 bits per heavy atom. The summed E-state index contributed by atoms with van der Waals surface area (Å²) < 4.78 is 8.51. The number of carbonyl (C=O) groups excluding carboxylic acids is 1. The Bertz CT molecular complexity index is 913. The first-order valence-corrected chi connectivity index (χ1v) is 8.42. The summed E-state index contributed by atoms with van der Waals surface area (Å²) in [5.41, 5.74) is 1.48. The lowest BCUT2D eigenvalue weighted by molar-refractivity contribution is -0.116. The zero-order valence-electron chi connectivity index (χ0n) is 14.4. The molecule has 0 saturated heterocycles. The molecule has 9 heteroatoms. The number of anilines is 1. The normalized spacial score (nSPS) is 13.6. The molecule has 3 aromatic rings. The molecule has 0 bridgehead atoms. The minimum atomic E-state index is -0.155. The van der Waals surface area contributed by atoms with E-state index in [2.05, 4.69) is 25.5 Å². The van der Waals surface area contributed by atoms with Crippen molar-refractivity contribution in [1.82, 2.24) is 29.5 Å². The van der Waals surface area contributed by atoms with Crippen LogP contribution in [0.15, 0.2) is 37.1 Å². The molecule has 0 unspecified atom stereocenters. The fraction of sp³-hybridized carbons (Fsp3) is 0.353. The molecule has 3 heterocycles. The molecule has 1 aliphatic rings. The number of rotatable bonds is 7. The molecule has 0 aromatic carbocycles. The highest BCUT2D eigenvalue weighted by molar-refractivity contribution is 5.89. The van der Waals surface area contributed by atoms with Crippen LogP contribution >= 0.6 is 0 Å². The third kappa shape index (κ3) is 3.71. The van der Waals surface area contributed by atoms with Crippen LogP contribution in [0.3, 0.4) is 0 Å². The lowest BCUT2D eigenvalue weighted by Gasteiger charge is -2.08. The number of methoxy groups -OCH3 is 1. The van der Waals surface area contributed by atoms with Crippen molar-refractivity contribution in [3.05, 3.63) is 37.1 Å². The number of hydrogen-bond donors (Lipinski definition) is 1. The van der Waals surface area contributed by atoms with Crippen LogP contribution in [0.4, 0.5) is 5.82 Å². The average molecular weight is 353 g/mol. The molecular formula is C17H19N7O2. The van der Waals surface area contributed by atoms with Gasteiger partial charge in [-0.3, -0.25) is 9.48 Å². The fourth-order valence-electron chi connectivity index (χ4n) is 2.65. The first kappa shape index (κ1) is 16.2. The van der Waals surface area contributed by atoms with E-state index in [1.807, 2.05) is 10.7 Å². The summed E-state index contributed by atoms with van der Waals surface area (Å²) in [5, 5.41) is 11.4. The van der Waals surface area contributed by atoms with Gasteiger partial charge in [-0.05, 0) is 18.8 Å². The van der Waals surface area contributed by atoms with Crippen molar-refractivity contribution in [3.8, 4) is 17.1 Å². The Labute approximate surface area is 150 Å². The highest BCUT2D eigenvalue weighted by Crippen LogP contribution is 2.31. The van der Waals surface area contributed by atoms with Gasteiger partial charge >= 0.3 is 0 Å². The van der Waals surface area contributed by atoms with Crippen LogP contribution in [0.2, 0.25) is 0 Å². The number of carbonyl (C=O) groups is 1. The average Bonchev–Trinajstić information content (AvgIpc) is 3.17. The predicted octanol–water partition coefficient (Wildman–Crippen LogP) is 1.59. The fourth-order valence-corrected chi connectivity index (χ4v) is 2.65. The second kappa shape index (κ2) is 6.95. The highest BCUT2D eigenvalue weighted by atomic mass is 16.5. The third-order valence-corrected chi connectivity index (χ3v) is 4.20. The first-order valence-electron chi connectivity index (χ1n) is 8.42. The number of amides is 1. The van der Waals surface area contributed by atoms with E-state index in [9.17, 15) is 4.79 Å². The summed E-state index contributed by atoms with van der Waals surface area (Å²) in [7, 11) is 1.55. The second-order valence-electron chi connectivity index (χ2n) is 6.26. The molecule has 134 valence electrons. The third-order valence-electron chi connectivity index (χ3n) is 4.20. The summed E-state index contributed by atoms with van der Waals surface area (Å²) in [6, 6.07) is 3.53. The standard InChI is InChI=1S/C17H19N7O2/c1-26-17-6-14(18-11-19-17)13-7-21-23(9-13)10-16(25)22-15-4-5-20-24(15)8-12-2-3-12/h4-7,9,11-12H,2-3,8,10H2,1H3,(H,22,25). The summed E-state index contributed by atoms with van der Waals surface area (Å²) in [6.07, 6.45) is 9.02. The molecule has 1 N–H and O–H groups in total. The van der Waals surface area contributed by atoms with Crippen LogP contribution < -0.4 is 10.1 Å². The smallest absolute Gasteiger partial charge is 0.247 e. The SMILES string of the molecule is COc1cc(-c2cnn(CC(=O)Nc3ccnn3CC3CC3)c2)ncn1. The molecule has 0 atom stereocenters. The molecule has 0 radical (unpaired) electrons. The van der Waals surface area contributed by atoms with Crippen molar-refractivity contribution in [2.45, 2.75) is 25.9 Å². The Hall–Kier alpha value is -3.23. The molecule has 0 aliphatic heterocycles. The van der Waals surface area contributed by atoms with Gasteiger partial charge in [0.15, 0.2) is 0 Å². The van der Waals surface area contributed by atoms with E-state index in [1.54, 1.807) is 36.4 Å². The van der Waals surface area contributed by atoms with Gasteiger partial charge in [0.2, 0.25) is 11.8 Å². The summed E-state index contributed by atoms with van der Waals surface area (Å²) >= 11 is 0. The van der Waals surface area contributed by atoms with Crippen molar-refractivity contribution in [2.75, 3.05) is 12.4 Å². The molecule has 1 aliphatic carbocycles.